The number of hydrogen-bond acceptors (Lipinski definition) is 7. The number of amides is 1. The Morgan fingerprint density at radius 3 is 2.22 bits per heavy atom. The summed E-state index contributed by atoms with van der Waals surface area (Å²) in [7, 11) is -3.40. The Hall–Kier alpha value is -3.75. The van der Waals surface area contributed by atoms with Gasteiger partial charge in [-0.25, -0.2) is 8.42 Å². The molecule has 8 nitrogen and oxygen atoms in total. The molecule has 14 heteroatoms. The summed E-state index contributed by atoms with van der Waals surface area (Å²) in [4.78, 5) is 15.0. The smallest absolute Gasteiger partial charge is 0.416 e. The monoisotopic (exact) mass is 656 g/mol. The van der Waals surface area contributed by atoms with Gasteiger partial charge in [0.15, 0.2) is 9.84 Å². The van der Waals surface area contributed by atoms with Crippen LogP contribution in [0.2, 0.25) is 0 Å². The Morgan fingerprint density at radius 2 is 1.67 bits per heavy atom. The number of halogens is 5. The van der Waals surface area contributed by atoms with Crippen LogP contribution in [0.1, 0.15) is 47.3 Å². The second kappa shape index (κ2) is 14.6. The minimum absolute atomic E-state index is 0.0522. The van der Waals surface area contributed by atoms with E-state index in [0.717, 1.165) is 12.1 Å². The molecule has 1 fully saturated rings. The van der Waals surface area contributed by atoms with Gasteiger partial charge < -0.3 is 24.8 Å². The maximum absolute atomic E-state index is 13.1. The number of sulfone groups is 1. The average Bonchev–Trinajstić information content (AvgIpc) is 3.42. The molecule has 0 saturated carbocycles. The standard InChI is InChI=1S/C31H33F5N2O6S/c1-2-45(41,42)27-13-5-20(6-14-27)28(15-16-39)37-29(40)21-3-9-23(10-4-21)38-18-26(17-24(38)19-43-30(32)33)44-25-11-7-22(8-12-25)31(34,35)36/h3-14,24,26,28,30,39H,2,15-19H2,1H3,(H,37,40)/t24-,26-,28-/m0/s1. The van der Waals surface area contributed by atoms with Gasteiger partial charge in [0.1, 0.15) is 11.9 Å². The molecule has 1 heterocycles. The van der Waals surface area contributed by atoms with E-state index in [0.29, 0.717) is 11.3 Å². The summed E-state index contributed by atoms with van der Waals surface area (Å²) in [6.45, 7) is -1.78. The highest BCUT2D eigenvalue weighted by Gasteiger charge is 2.35. The van der Waals surface area contributed by atoms with E-state index in [1.807, 2.05) is 0 Å². The van der Waals surface area contributed by atoms with Crippen LogP contribution in [0.4, 0.5) is 27.6 Å². The molecule has 1 amide bonds. The Kier molecular flexibility index (Phi) is 11.0. The second-order valence-electron chi connectivity index (χ2n) is 10.5. The van der Waals surface area contributed by atoms with Crippen LogP contribution in [0.3, 0.4) is 0 Å². The lowest BCUT2D eigenvalue weighted by molar-refractivity contribution is -0.137. The van der Waals surface area contributed by atoms with Gasteiger partial charge >= 0.3 is 12.8 Å². The number of nitrogens with zero attached hydrogens (tertiary/aromatic N) is 1. The zero-order chi connectivity index (χ0) is 32.8. The minimum Gasteiger partial charge on any atom is -0.489 e. The van der Waals surface area contributed by atoms with Gasteiger partial charge in [-0.1, -0.05) is 19.1 Å². The van der Waals surface area contributed by atoms with Gasteiger partial charge in [-0.05, 0) is 72.6 Å². The number of nitrogens with one attached hydrogen (secondary N) is 1. The lowest BCUT2D eigenvalue weighted by Crippen LogP contribution is -2.34. The van der Waals surface area contributed by atoms with E-state index in [9.17, 15) is 40.3 Å². The number of rotatable bonds is 13. The van der Waals surface area contributed by atoms with Gasteiger partial charge in [-0.15, -0.1) is 0 Å². The number of alkyl halides is 5. The maximum atomic E-state index is 13.1. The van der Waals surface area contributed by atoms with Crippen molar-refractivity contribution < 1.29 is 49.7 Å². The zero-order valence-corrected chi connectivity index (χ0v) is 25.0. The molecule has 3 aromatic carbocycles. The molecule has 2 N–H and O–H groups in total. The molecule has 0 unspecified atom stereocenters. The molecule has 0 aromatic heterocycles. The molecule has 1 aliphatic rings. The molecule has 244 valence electrons. The third-order valence-electron chi connectivity index (χ3n) is 7.48. The van der Waals surface area contributed by atoms with Crippen molar-refractivity contribution >= 4 is 21.4 Å². The molecule has 3 atom stereocenters. The highest BCUT2D eigenvalue weighted by atomic mass is 32.2. The lowest BCUT2D eigenvalue weighted by atomic mass is 10.0. The molecule has 3 aromatic rings. The highest BCUT2D eigenvalue weighted by Crippen LogP contribution is 2.33. The zero-order valence-electron chi connectivity index (χ0n) is 24.2. The predicted molar refractivity (Wildman–Crippen MR) is 156 cm³/mol. The molecule has 0 spiro atoms. The summed E-state index contributed by atoms with van der Waals surface area (Å²) < 4.78 is 99.1. The summed E-state index contributed by atoms with van der Waals surface area (Å²) in [5.41, 5.74) is 0.664. The minimum atomic E-state index is -4.49. The van der Waals surface area contributed by atoms with Crippen LogP contribution in [0, 0.1) is 0 Å². The Labute approximate surface area is 257 Å². The van der Waals surface area contributed by atoms with Crippen molar-refractivity contribution in [1.82, 2.24) is 5.32 Å². The van der Waals surface area contributed by atoms with E-state index in [-0.39, 0.29) is 54.6 Å². The van der Waals surface area contributed by atoms with Crippen molar-refractivity contribution in [2.24, 2.45) is 0 Å². The fraction of sp³-hybridized carbons (Fsp3) is 0.387. The molecule has 0 bridgehead atoms. The topological polar surface area (TPSA) is 105 Å². The van der Waals surface area contributed by atoms with Crippen LogP contribution in [-0.4, -0.2) is 63.7 Å². The number of hydrogen-bond donors (Lipinski definition) is 2. The molecule has 0 radical (unpaired) electrons. The average molecular weight is 657 g/mol. The molecule has 45 heavy (non-hydrogen) atoms. The van der Waals surface area contributed by atoms with Gasteiger partial charge in [-0.3, -0.25) is 4.79 Å². The van der Waals surface area contributed by atoms with Crippen LogP contribution >= 0.6 is 0 Å². The fourth-order valence-electron chi connectivity index (χ4n) is 5.10. The molecular weight excluding hydrogens is 623 g/mol. The summed E-state index contributed by atoms with van der Waals surface area (Å²) in [6, 6.07) is 15.5. The number of anilines is 1. The number of carbonyl (C=O) groups is 1. The van der Waals surface area contributed by atoms with E-state index in [1.54, 1.807) is 48.2 Å². The maximum Gasteiger partial charge on any atom is 0.416 e. The van der Waals surface area contributed by atoms with Crippen LogP contribution in [0.25, 0.3) is 0 Å². The first-order valence-corrected chi connectivity index (χ1v) is 15.8. The Bertz CT molecular complexity index is 1520. The van der Waals surface area contributed by atoms with Crippen molar-refractivity contribution in [3.8, 4) is 5.75 Å². The fourth-order valence-corrected chi connectivity index (χ4v) is 5.99. The van der Waals surface area contributed by atoms with Crippen molar-refractivity contribution in [3.05, 3.63) is 89.5 Å². The van der Waals surface area contributed by atoms with E-state index in [1.165, 1.54) is 24.3 Å². The first-order valence-electron chi connectivity index (χ1n) is 14.2. The molecule has 1 saturated heterocycles. The van der Waals surface area contributed by atoms with Crippen molar-refractivity contribution in [2.45, 2.75) is 55.6 Å². The molecule has 4 rings (SSSR count). The second-order valence-corrected chi connectivity index (χ2v) is 12.7. The van der Waals surface area contributed by atoms with Crippen LogP contribution in [0.5, 0.6) is 5.75 Å². The first kappa shape index (κ1) is 34.1. The van der Waals surface area contributed by atoms with Gasteiger partial charge in [0.2, 0.25) is 0 Å². The van der Waals surface area contributed by atoms with E-state index in [4.69, 9.17) is 4.74 Å². The quantitative estimate of drug-likeness (QED) is 0.230. The first-order chi connectivity index (χ1) is 21.3. The molecular formula is C31H33F5N2O6S. The van der Waals surface area contributed by atoms with Gasteiger partial charge in [-0.2, -0.15) is 22.0 Å². The van der Waals surface area contributed by atoms with Gasteiger partial charge in [0.25, 0.3) is 5.91 Å². The number of benzene rings is 3. The van der Waals surface area contributed by atoms with Gasteiger partial charge in [0.05, 0.1) is 41.4 Å². The van der Waals surface area contributed by atoms with Crippen molar-refractivity contribution in [3.63, 3.8) is 0 Å². The normalized spacial score (nSPS) is 17.8. The SMILES string of the molecule is CCS(=O)(=O)c1ccc([C@H](CCO)NC(=O)c2ccc(N3C[C@@H](Oc4ccc(C(F)(F)F)cc4)C[C@H]3COC(F)F)cc2)cc1. The van der Waals surface area contributed by atoms with E-state index < -0.39 is 52.3 Å². The lowest BCUT2D eigenvalue weighted by Gasteiger charge is -2.26. The van der Waals surface area contributed by atoms with E-state index >= 15 is 0 Å². The number of carbonyl (C=O) groups excluding carboxylic acids is 1. The van der Waals surface area contributed by atoms with Crippen LogP contribution in [0.15, 0.2) is 77.7 Å². The largest absolute Gasteiger partial charge is 0.489 e. The number of ether oxygens (including phenoxy) is 2. The third-order valence-corrected chi connectivity index (χ3v) is 9.23. The van der Waals surface area contributed by atoms with Crippen molar-refractivity contribution in [1.29, 1.82) is 0 Å². The summed E-state index contributed by atoms with van der Waals surface area (Å²) in [5.74, 6) is -0.300. The summed E-state index contributed by atoms with van der Waals surface area (Å²) in [6.07, 6.45) is -4.58. The molecule has 0 aliphatic carbocycles. The van der Waals surface area contributed by atoms with E-state index in [2.05, 4.69) is 10.1 Å². The molecule has 1 aliphatic heterocycles. The van der Waals surface area contributed by atoms with Crippen LogP contribution < -0.4 is 15.0 Å². The summed E-state index contributed by atoms with van der Waals surface area (Å²) in [5, 5.41) is 12.4. The van der Waals surface area contributed by atoms with Crippen LogP contribution in [-0.2, 0) is 20.8 Å². The highest BCUT2D eigenvalue weighted by molar-refractivity contribution is 7.91. The predicted octanol–water partition coefficient (Wildman–Crippen LogP) is 5.62. The number of aliphatic hydroxyl groups excluding tert-OH is 1. The Morgan fingerprint density at radius 1 is 1.02 bits per heavy atom. The third kappa shape index (κ3) is 8.92. The number of aliphatic hydroxyl groups is 1. The summed E-state index contributed by atoms with van der Waals surface area (Å²) >= 11 is 0. The van der Waals surface area contributed by atoms with Crippen molar-refractivity contribution in [2.75, 3.05) is 30.4 Å². The van der Waals surface area contributed by atoms with Gasteiger partial charge in [0, 0.05) is 24.3 Å². The Balaban J connectivity index is 1.45.